The topological polar surface area (TPSA) is 54.9 Å². The van der Waals surface area contributed by atoms with Gasteiger partial charge in [-0.1, -0.05) is 32.0 Å². The number of carbonyl (C=O) groups is 1. The average Bonchev–Trinajstić information content (AvgIpc) is 2.64. The molecular formula is C21H20F3N3O. The summed E-state index contributed by atoms with van der Waals surface area (Å²) < 4.78 is 37.1. The highest BCUT2D eigenvalue weighted by Gasteiger charge is 2.28. The molecule has 0 bridgehead atoms. The first-order valence-corrected chi connectivity index (χ1v) is 8.87. The molecule has 2 aromatic carbocycles. The number of benzene rings is 2. The number of hydrogen-bond donors (Lipinski definition) is 1. The number of amides is 1. The van der Waals surface area contributed by atoms with Crippen LogP contribution in [0.5, 0.6) is 0 Å². The van der Waals surface area contributed by atoms with E-state index in [4.69, 9.17) is 0 Å². The number of nitrogens with zero attached hydrogens (tertiary/aromatic N) is 2. The molecule has 1 amide bonds. The van der Waals surface area contributed by atoms with Crippen molar-refractivity contribution in [1.82, 2.24) is 15.5 Å². The molecule has 0 spiro atoms. The van der Waals surface area contributed by atoms with Crippen molar-refractivity contribution in [2.75, 3.05) is 6.54 Å². The number of alkyl halides is 3. The second kappa shape index (κ2) is 7.58. The molecule has 4 nitrogen and oxygen atoms in total. The van der Waals surface area contributed by atoms with Gasteiger partial charge in [0, 0.05) is 16.3 Å². The quantitative estimate of drug-likeness (QED) is 0.684. The number of carbonyl (C=O) groups excluding carboxylic acids is 1. The molecule has 0 atom stereocenters. The van der Waals surface area contributed by atoms with Crippen LogP contribution in [-0.2, 0) is 0 Å². The lowest BCUT2D eigenvalue weighted by Gasteiger charge is -2.13. The highest BCUT2D eigenvalue weighted by Crippen LogP contribution is 2.30. The number of halogens is 3. The van der Waals surface area contributed by atoms with E-state index in [0.29, 0.717) is 0 Å². The van der Waals surface area contributed by atoms with Gasteiger partial charge in [0.2, 0.25) is 0 Å². The van der Waals surface area contributed by atoms with Gasteiger partial charge in [0.1, 0.15) is 6.54 Å². The summed E-state index contributed by atoms with van der Waals surface area (Å²) in [6.07, 6.45) is -2.77. The monoisotopic (exact) mass is 387 g/mol. The van der Waals surface area contributed by atoms with Crippen LogP contribution in [0, 0.1) is 6.92 Å². The number of fused-ring (bicyclic) bond motifs is 1. The molecule has 3 aromatic rings. The molecule has 1 aromatic heterocycles. The van der Waals surface area contributed by atoms with Gasteiger partial charge in [-0.2, -0.15) is 23.4 Å². The van der Waals surface area contributed by atoms with Gasteiger partial charge in [-0.15, -0.1) is 0 Å². The molecule has 0 aliphatic heterocycles. The van der Waals surface area contributed by atoms with Crippen molar-refractivity contribution in [3.63, 3.8) is 0 Å². The van der Waals surface area contributed by atoms with Crippen molar-refractivity contribution in [2.24, 2.45) is 0 Å². The van der Waals surface area contributed by atoms with Crippen molar-refractivity contribution in [3.8, 4) is 11.1 Å². The normalized spacial score (nSPS) is 11.8. The van der Waals surface area contributed by atoms with E-state index in [1.54, 1.807) is 18.3 Å². The summed E-state index contributed by atoms with van der Waals surface area (Å²) in [6.45, 7) is 4.62. The fourth-order valence-electron chi connectivity index (χ4n) is 3.06. The average molecular weight is 387 g/mol. The van der Waals surface area contributed by atoms with Crippen LogP contribution < -0.4 is 5.32 Å². The molecule has 0 aliphatic carbocycles. The van der Waals surface area contributed by atoms with Gasteiger partial charge in [-0.25, -0.2) is 0 Å². The van der Waals surface area contributed by atoms with Crippen molar-refractivity contribution in [3.05, 3.63) is 59.4 Å². The van der Waals surface area contributed by atoms with E-state index in [-0.39, 0.29) is 11.5 Å². The molecule has 0 unspecified atom stereocenters. The molecule has 0 aliphatic rings. The standard InChI is InChI=1S/C21H20F3N3O/c1-12(2)19-17-7-6-14(8-16(17)10-26-27-19)18-9-15(5-4-13(18)3)20(28)25-11-21(22,23)24/h4-10,12H,11H2,1-3H3,(H,25,28). The van der Waals surface area contributed by atoms with E-state index in [9.17, 15) is 18.0 Å². The van der Waals surface area contributed by atoms with E-state index < -0.39 is 18.6 Å². The van der Waals surface area contributed by atoms with Crippen LogP contribution >= 0.6 is 0 Å². The highest BCUT2D eigenvalue weighted by molar-refractivity contribution is 5.96. The van der Waals surface area contributed by atoms with Crippen LogP contribution in [0.25, 0.3) is 21.9 Å². The molecule has 7 heteroatoms. The molecule has 0 saturated carbocycles. The number of nitrogens with one attached hydrogen (secondary N) is 1. The van der Waals surface area contributed by atoms with Crippen molar-refractivity contribution < 1.29 is 18.0 Å². The van der Waals surface area contributed by atoms with Crippen molar-refractivity contribution >= 4 is 16.7 Å². The van der Waals surface area contributed by atoms with E-state index in [2.05, 4.69) is 10.2 Å². The molecule has 146 valence electrons. The summed E-state index contributed by atoms with van der Waals surface area (Å²) in [5.41, 5.74) is 3.64. The molecule has 28 heavy (non-hydrogen) atoms. The molecule has 1 N–H and O–H groups in total. The lowest BCUT2D eigenvalue weighted by Crippen LogP contribution is -2.33. The summed E-state index contributed by atoms with van der Waals surface area (Å²) in [6, 6.07) is 10.7. The minimum atomic E-state index is -4.45. The number of aromatic nitrogens is 2. The van der Waals surface area contributed by atoms with Crippen LogP contribution in [-0.4, -0.2) is 28.8 Å². The minimum Gasteiger partial charge on any atom is -0.343 e. The van der Waals surface area contributed by atoms with Gasteiger partial charge < -0.3 is 5.32 Å². The van der Waals surface area contributed by atoms with E-state index >= 15 is 0 Å². The lowest BCUT2D eigenvalue weighted by atomic mass is 9.95. The second-order valence-electron chi connectivity index (χ2n) is 7.01. The number of hydrogen-bond acceptors (Lipinski definition) is 3. The Hall–Kier alpha value is -2.96. The first-order chi connectivity index (χ1) is 13.2. The molecule has 0 fully saturated rings. The fourth-order valence-corrected chi connectivity index (χ4v) is 3.06. The molecule has 1 heterocycles. The molecule has 0 saturated heterocycles. The third-order valence-electron chi connectivity index (χ3n) is 4.50. The van der Waals surface area contributed by atoms with E-state index in [1.807, 2.05) is 44.3 Å². The van der Waals surface area contributed by atoms with Gasteiger partial charge in [0.05, 0.1) is 11.9 Å². The predicted molar refractivity (Wildman–Crippen MR) is 102 cm³/mol. The van der Waals surface area contributed by atoms with Crippen LogP contribution in [0.15, 0.2) is 42.6 Å². The summed E-state index contributed by atoms with van der Waals surface area (Å²) in [4.78, 5) is 12.1. The fraction of sp³-hybridized carbons (Fsp3) is 0.286. The SMILES string of the molecule is Cc1ccc(C(=O)NCC(F)(F)F)cc1-c1ccc2c(C(C)C)nncc2c1. The van der Waals surface area contributed by atoms with E-state index in [1.165, 1.54) is 6.07 Å². The third kappa shape index (κ3) is 4.30. The van der Waals surface area contributed by atoms with Gasteiger partial charge in [0.25, 0.3) is 5.91 Å². The highest BCUT2D eigenvalue weighted by atomic mass is 19.4. The first kappa shape index (κ1) is 19.8. The van der Waals surface area contributed by atoms with Crippen LogP contribution in [0.3, 0.4) is 0 Å². The Kier molecular flexibility index (Phi) is 5.36. The summed E-state index contributed by atoms with van der Waals surface area (Å²) in [5.74, 6) is -0.531. The molecule has 3 rings (SSSR count). The summed E-state index contributed by atoms with van der Waals surface area (Å²) in [7, 11) is 0. The maximum atomic E-state index is 12.4. The zero-order valence-electron chi connectivity index (χ0n) is 15.8. The first-order valence-electron chi connectivity index (χ1n) is 8.87. The number of rotatable bonds is 4. The van der Waals surface area contributed by atoms with Crippen LogP contribution in [0.2, 0.25) is 0 Å². The Bertz CT molecular complexity index is 1030. The van der Waals surface area contributed by atoms with Gasteiger partial charge in [-0.3, -0.25) is 4.79 Å². The Balaban J connectivity index is 1.98. The predicted octanol–water partition coefficient (Wildman–Crippen LogP) is 5.02. The Labute approximate surface area is 160 Å². The number of aryl methyl sites for hydroxylation is 1. The van der Waals surface area contributed by atoms with E-state index in [0.717, 1.165) is 33.2 Å². The van der Waals surface area contributed by atoms with Gasteiger partial charge in [0.15, 0.2) is 0 Å². The third-order valence-corrected chi connectivity index (χ3v) is 4.50. The minimum absolute atomic E-state index is 0.181. The Morgan fingerprint density at radius 2 is 1.89 bits per heavy atom. The van der Waals surface area contributed by atoms with Crippen LogP contribution in [0.1, 0.15) is 41.4 Å². The molecular weight excluding hydrogens is 367 g/mol. The lowest BCUT2D eigenvalue weighted by molar-refractivity contribution is -0.123. The largest absolute Gasteiger partial charge is 0.405 e. The van der Waals surface area contributed by atoms with Crippen molar-refractivity contribution in [2.45, 2.75) is 32.9 Å². The smallest absolute Gasteiger partial charge is 0.343 e. The van der Waals surface area contributed by atoms with Gasteiger partial charge in [-0.05, 0) is 47.7 Å². The maximum absolute atomic E-state index is 12.4. The van der Waals surface area contributed by atoms with Crippen molar-refractivity contribution in [1.29, 1.82) is 0 Å². The molecule has 0 radical (unpaired) electrons. The summed E-state index contributed by atoms with van der Waals surface area (Å²) in [5, 5.41) is 12.1. The van der Waals surface area contributed by atoms with Crippen LogP contribution in [0.4, 0.5) is 13.2 Å². The second-order valence-corrected chi connectivity index (χ2v) is 7.01. The maximum Gasteiger partial charge on any atom is 0.405 e. The Morgan fingerprint density at radius 3 is 2.57 bits per heavy atom. The zero-order valence-corrected chi connectivity index (χ0v) is 15.8. The summed E-state index contributed by atoms with van der Waals surface area (Å²) >= 11 is 0. The van der Waals surface area contributed by atoms with Gasteiger partial charge >= 0.3 is 6.18 Å². The zero-order chi connectivity index (χ0) is 20.5. The Morgan fingerprint density at radius 1 is 1.14 bits per heavy atom.